The molecule has 19 heavy (non-hydrogen) atoms. The minimum absolute atomic E-state index is 0.136. The SMILES string of the molecule is CCCCCc1nc(N)n(P(=O)(OCC)N(C)C)n1. The van der Waals surface area contributed by atoms with E-state index in [1.807, 2.05) is 0 Å². The van der Waals surface area contributed by atoms with Crippen LogP contribution in [0.3, 0.4) is 0 Å². The molecule has 0 saturated heterocycles. The van der Waals surface area contributed by atoms with E-state index >= 15 is 0 Å². The van der Waals surface area contributed by atoms with Crippen LogP contribution in [0.15, 0.2) is 0 Å². The predicted molar refractivity (Wildman–Crippen MR) is 76.0 cm³/mol. The smallest absolute Gasteiger partial charge is 0.368 e. The quantitative estimate of drug-likeness (QED) is 0.583. The van der Waals surface area contributed by atoms with Gasteiger partial charge >= 0.3 is 7.67 Å². The first-order valence-corrected chi connectivity index (χ1v) is 8.13. The zero-order valence-corrected chi connectivity index (χ0v) is 13.1. The average Bonchev–Trinajstić information content (AvgIpc) is 2.71. The van der Waals surface area contributed by atoms with Crippen LogP contribution < -0.4 is 5.73 Å². The number of nitrogens with two attached hydrogens (primary N) is 1. The van der Waals surface area contributed by atoms with Crippen molar-refractivity contribution >= 4 is 13.6 Å². The minimum Gasteiger partial charge on any atom is -0.368 e. The number of rotatable bonds is 8. The summed E-state index contributed by atoms with van der Waals surface area (Å²) in [6.45, 7) is 4.24. The van der Waals surface area contributed by atoms with Crippen LogP contribution in [0.4, 0.5) is 5.95 Å². The van der Waals surface area contributed by atoms with Crippen molar-refractivity contribution in [2.45, 2.75) is 39.5 Å². The summed E-state index contributed by atoms with van der Waals surface area (Å²) in [4.78, 5) is 4.16. The third kappa shape index (κ3) is 3.78. The van der Waals surface area contributed by atoms with Crippen molar-refractivity contribution in [3.63, 3.8) is 0 Å². The number of hydrogen-bond acceptors (Lipinski definition) is 5. The molecule has 1 heterocycles. The van der Waals surface area contributed by atoms with E-state index in [1.54, 1.807) is 21.0 Å². The fourth-order valence-electron chi connectivity index (χ4n) is 1.69. The van der Waals surface area contributed by atoms with Crippen LogP contribution in [0.1, 0.15) is 38.9 Å². The molecule has 1 unspecified atom stereocenters. The van der Waals surface area contributed by atoms with Gasteiger partial charge in [-0.15, -0.1) is 9.55 Å². The van der Waals surface area contributed by atoms with E-state index in [0.29, 0.717) is 12.4 Å². The Balaban J connectivity index is 2.95. The lowest BCUT2D eigenvalue weighted by molar-refractivity contribution is 0.286. The largest absolute Gasteiger partial charge is 0.393 e. The standard InChI is InChI=1S/C11H24N5O2P/c1-5-7-8-9-10-13-11(12)16(14-10)19(17,15(3)4)18-6-2/h5-9H2,1-4H3,(H2,12,13,14). The zero-order chi connectivity index (χ0) is 14.5. The van der Waals surface area contributed by atoms with Crippen LogP contribution in [0.5, 0.6) is 0 Å². The number of unbranched alkanes of at least 4 members (excludes halogenated alkanes) is 2. The van der Waals surface area contributed by atoms with Crippen molar-refractivity contribution in [3.05, 3.63) is 5.82 Å². The Hall–Kier alpha value is -0.910. The van der Waals surface area contributed by atoms with Crippen LogP contribution in [0.25, 0.3) is 0 Å². The molecule has 2 N–H and O–H groups in total. The number of nitrogens with zero attached hydrogens (tertiary/aromatic N) is 4. The van der Waals surface area contributed by atoms with E-state index in [9.17, 15) is 4.57 Å². The molecule has 0 fully saturated rings. The molecular weight excluding hydrogens is 265 g/mol. The van der Waals surface area contributed by atoms with Gasteiger partial charge in [-0.25, -0.2) is 9.24 Å². The molecular formula is C11H24N5O2P. The highest BCUT2D eigenvalue weighted by atomic mass is 31.2. The molecule has 0 bridgehead atoms. The van der Waals surface area contributed by atoms with E-state index in [1.165, 1.54) is 9.12 Å². The van der Waals surface area contributed by atoms with Crippen LogP contribution in [0, 0.1) is 0 Å². The van der Waals surface area contributed by atoms with Gasteiger partial charge in [0.2, 0.25) is 5.95 Å². The predicted octanol–water partition coefficient (Wildman–Crippen LogP) is 2.15. The van der Waals surface area contributed by atoms with Crippen molar-refractivity contribution < 1.29 is 9.09 Å². The summed E-state index contributed by atoms with van der Waals surface area (Å²) < 4.78 is 20.8. The summed E-state index contributed by atoms with van der Waals surface area (Å²) in [5.74, 6) is 0.754. The maximum Gasteiger partial charge on any atom is 0.393 e. The lowest BCUT2D eigenvalue weighted by Gasteiger charge is -2.23. The summed E-state index contributed by atoms with van der Waals surface area (Å²) in [7, 11) is 0.102. The topological polar surface area (TPSA) is 86.3 Å². The first-order chi connectivity index (χ1) is 8.95. The van der Waals surface area contributed by atoms with Gasteiger partial charge < -0.3 is 10.3 Å². The second-order valence-corrected chi connectivity index (χ2v) is 6.91. The molecule has 1 aromatic heterocycles. The van der Waals surface area contributed by atoms with Gasteiger partial charge in [0.15, 0.2) is 5.82 Å². The van der Waals surface area contributed by atoms with E-state index in [0.717, 1.165) is 25.7 Å². The third-order valence-corrected chi connectivity index (χ3v) is 5.08. The lowest BCUT2D eigenvalue weighted by Crippen LogP contribution is -2.19. The number of hydrogen-bond donors (Lipinski definition) is 1. The first kappa shape index (κ1) is 16.1. The Bertz CT molecular complexity index is 446. The monoisotopic (exact) mass is 289 g/mol. The van der Waals surface area contributed by atoms with E-state index in [-0.39, 0.29) is 5.95 Å². The summed E-state index contributed by atoms with van der Waals surface area (Å²) in [6, 6.07) is 0. The van der Waals surface area contributed by atoms with Crippen molar-refractivity contribution in [1.29, 1.82) is 0 Å². The Morgan fingerprint density at radius 2 is 2.05 bits per heavy atom. The number of nitrogen functional groups attached to an aromatic ring is 1. The summed E-state index contributed by atoms with van der Waals surface area (Å²) in [6.07, 6.45) is 3.99. The molecule has 0 radical (unpaired) electrons. The maximum atomic E-state index is 12.8. The molecule has 1 rings (SSSR count). The molecule has 8 heteroatoms. The Kier molecular flexibility index (Phi) is 5.97. The molecule has 0 saturated carbocycles. The van der Waals surface area contributed by atoms with E-state index in [4.69, 9.17) is 10.3 Å². The van der Waals surface area contributed by atoms with E-state index in [2.05, 4.69) is 17.0 Å². The summed E-state index contributed by atoms with van der Waals surface area (Å²) in [5, 5.41) is 4.24. The van der Waals surface area contributed by atoms with Gasteiger partial charge in [0.1, 0.15) is 0 Å². The molecule has 0 spiro atoms. The molecule has 0 aliphatic carbocycles. The van der Waals surface area contributed by atoms with Gasteiger partial charge in [-0.1, -0.05) is 19.8 Å². The Morgan fingerprint density at radius 1 is 1.37 bits per heavy atom. The number of anilines is 1. The number of aryl methyl sites for hydroxylation is 1. The van der Waals surface area contributed by atoms with E-state index < -0.39 is 7.67 Å². The fourth-order valence-corrected chi connectivity index (χ4v) is 3.23. The van der Waals surface area contributed by atoms with Gasteiger partial charge in [0, 0.05) is 6.42 Å². The highest BCUT2D eigenvalue weighted by Crippen LogP contribution is 2.50. The van der Waals surface area contributed by atoms with Gasteiger partial charge in [0.25, 0.3) is 0 Å². The summed E-state index contributed by atoms with van der Waals surface area (Å²) >= 11 is 0. The second kappa shape index (κ2) is 7.03. The third-order valence-electron chi connectivity index (χ3n) is 2.70. The average molecular weight is 289 g/mol. The normalized spacial score (nSPS) is 14.8. The van der Waals surface area contributed by atoms with Crippen molar-refractivity contribution in [3.8, 4) is 0 Å². The molecule has 1 aromatic rings. The molecule has 7 nitrogen and oxygen atoms in total. The van der Waals surface area contributed by atoms with Gasteiger partial charge in [0.05, 0.1) is 6.61 Å². The molecule has 0 aromatic carbocycles. The number of aromatic nitrogens is 3. The molecule has 110 valence electrons. The second-order valence-electron chi connectivity index (χ2n) is 4.49. The van der Waals surface area contributed by atoms with Crippen molar-refractivity contribution in [1.82, 2.24) is 19.2 Å². The lowest BCUT2D eigenvalue weighted by atomic mass is 10.2. The summed E-state index contributed by atoms with van der Waals surface area (Å²) in [5.41, 5.74) is 5.81. The van der Waals surface area contributed by atoms with Crippen LogP contribution >= 0.6 is 7.67 Å². The molecule has 1 atom stereocenters. The van der Waals surface area contributed by atoms with Crippen molar-refractivity contribution in [2.24, 2.45) is 0 Å². The highest BCUT2D eigenvalue weighted by Gasteiger charge is 2.32. The first-order valence-electron chi connectivity index (χ1n) is 6.60. The maximum absolute atomic E-state index is 12.8. The molecule has 0 aliphatic rings. The Morgan fingerprint density at radius 3 is 2.58 bits per heavy atom. The van der Waals surface area contributed by atoms with Crippen LogP contribution in [0.2, 0.25) is 0 Å². The van der Waals surface area contributed by atoms with Gasteiger partial charge in [-0.2, -0.15) is 4.98 Å². The van der Waals surface area contributed by atoms with Crippen LogP contribution in [-0.4, -0.2) is 39.9 Å². The molecule has 0 amide bonds. The minimum atomic E-state index is -3.25. The Labute approximate surface area is 114 Å². The fraction of sp³-hybridized carbons (Fsp3) is 0.818. The van der Waals surface area contributed by atoms with Gasteiger partial charge in [-0.05, 0) is 27.4 Å². The van der Waals surface area contributed by atoms with Crippen molar-refractivity contribution in [2.75, 3.05) is 26.4 Å². The molecule has 0 aliphatic heterocycles. The van der Waals surface area contributed by atoms with Gasteiger partial charge in [-0.3, -0.25) is 0 Å². The highest BCUT2D eigenvalue weighted by molar-refractivity contribution is 7.54. The zero-order valence-electron chi connectivity index (χ0n) is 12.2. The van der Waals surface area contributed by atoms with Crippen LogP contribution in [-0.2, 0) is 15.5 Å².